The third kappa shape index (κ3) is 11.3. The van der Waals surface area contributed by atoms with E-state index in [4.69, 9.17) is 35.5 Å². The van der Waals surface area contributed by atoms with Gasteiger partial charge in [0.25, 0.3) is 0 Å². The van der Waals surface area contributed by atoms with E-state index >= 15 is 0 Å². The van der Waals surface area contributed by atoms with Gasteiger partial charge in [0.15, 0.2) is 5.82 Å². The lowest BCUT2D eigenvalue weighted by molar-refractivity contribution is -0.119. The normalized spacial score (nSPS) is 14.0. The van der Waals surface area contributed by atoms with Crippen LogP contribution < -0.4 is 10.1 Å². The molecule has 4 aromatic carbocycles. The van der Waals surface area contributed by atoms with Crippen molar-refractivity contribution >= 4 is 59.4 Å². The Morgan fingerprint density at radius 1 is 0.778 bits per heavy atom. The number of aryl methyl sites for hydroxylation is 2. The lowest BCUT2D eigenvalue weighted by Crippen LogP contribution is -2.15. The first-order chi connectivity index (χ1) is 30.2. The van der Waals surface area contributed by atoms with E-state index in [0.29, 0.717) is 88.0 Å². The SMILES string of the molecule is Cc1sc2c(c1C)C(c1ccc(Cl)cc1)=N[C@@H](CC(=O)Cc1ccc(OCCOCCOCCOCCNc3ccc(-c4ccc5c(c4)CC(=O)C5)cc3)cc1)c1nnc(C)n1-2.S. The molecule has 1 aliphatic carbocycles. The van der Waals surface area contributed by atoms with Crippen LogP contribution in [0.25, 0.3) is 16.1 Å². The first kappa shape index (κ1) is 45.9. The molecule has 0 saturated heterocycles. The molecule has 2 aliphatic rings. The Bertz CT molecular complexity index is 2560. The largest absolute Gasteiger partial charge is 0.491 e. The first-order valence-corrected chi connectivity index (χ1v) is 22.2. The molecule has 6 aromatic rings. The van der Waals surface area contributed by atoms with E-state index in [1.165, 1.54) is 4.88 Å². The van der Waals surface area contributed by atoms with Gasteiger partial charge in [0, 0.05) is 58.9 Å². The van der Waals surface area contributed by atoms with Crippen LogP contribution in [0.15, 0.2) is 96.0 Å². The summed E-state index contributed by atoms with van der Waals surface area (Å²) < 4.78 is 25.0. The fourth-order valence-corrected chi connectivity index (χ4v) is 9.13. The minimum atomic E-state index is -0.503. The van der Waals surface area contributed by atoms with Crippen LogP contribution in [0, 0.1) is 20.8 Å². The molecule has 0 bridgehead atoms. The van der Waals surface area contributed by atoms with E-state index in [1.807, 2.05) is 55.5 Å². The number of nitrogens with one attached hydrogen (secondary N) is 1. The van der Waals surface area contributed by atoms with Gasteiger partial charge in [-0.1, -0.05) is 66.2 Å². The summed E-state index contributed by atoms with van der Waals surface area (Å²) in [7, 11) is 0. The second-order valence-electron chi connectivity index (χ2n) is 15.5. The topological polar surface area (TPSA) is 126 Å². The third-order valence-corrected chi connectivity index (χ3v) is 12.6. The Balaban J connectivity index is 0.00000595. The molecule has 328 valence electrons. The number of rotatable bonds is 20. The highest BCUT2D eigenvalue weighted by Gasteiger charge is 2.32. The Hall–Kier alpha value is -5.15. The van der Waals surface area contributed by atoms with Crippen LogP contribution >= 0.6 is 36.4 Å². The van der Waals surface area contributed by atoms with Crippen LogP contribution in [0.3, 0.4) is 0 Å². The fourth-order valence-electron chi connectivity index (χ4n) is 7.79. The molecule has 2 aromatic heterocycles. The van der Waals surface area contributed by atoms with Gasteiger partial charge < -0.3 is 24.3 Å². The van der Waals surface area contributed by atoms with Crippen LogP contribution in [0.2, 0.25) is 5.02 Å². The summed E-state index contributed by atoms with van der Waals surface area (Å²) in [6.45, 7) is 10.2. The van der Waals surface area contributed by atoms with Crippen molar-refractivity contribution in [1.82, 2.24) is 14.8 Å². The minimum Gasteiger partial charge on any atom is -0.491 e. The summed E-state index contributed by atoms with van der Waals surface area (Å²) in [5, 5.41) is 14.0. The third-order valence-electron chi connectivity index (χ3n) is 11.1. The number of halogens is 1. The number of ketones is 2. The van der Waals surface area contributed by atoms with Crippen molar-refractivity contribution in [3.8, 4) is 21.9 Å². The maximum absolute atomic E-state index is 13.6. The standard InChI is InChI=1S/C49H50ClN5O6S.H2S/c1-31-32(2)62-49-46(31)47(36-8-12-40(50)13-9-36)52-45(48-54-53-33(3)55(48)49)30-42(56)26-34-4-16-44(17-5-34)61-25-24-60-23-22-59-21-20-58-19-18-51-41-14-10-35(11-15-41)37-6-7-38-28-43(57)29-39(38)27-37;/h4-17,27,45,51H,18-26,28-30H2,1-3H3;1H2/t45-;/m0./s1. The van der Waals surface area contributed by atoms with E-state index in [2.05, 4.69) is 76.4 Å². The molecule has 3 heterocycles. The Kier molecular flexibility index (Phi) is 15.6. The monoisotopic (exact) mass is 905 g/mol. The fraction of sp³-hybridized carbons (Fsp3) is 0.327. The summed E-state index contributed by atoms with van der Waals surface area (Å²) in [6.07, 6.45) is 1.55. The van der Waals surface area contributed by atoms with Crippen LogP contribution in [0.5, 0.6) is 5.75 Å². The molecule has 8 rings (SSSR count). The van der Waals surface area contributed by atoms with E-state index in [-0.39, 0.29) is 32.1 Å². The molecule has 0 fully saturated rings. The number of Topliss-reactive ketones (excluding diaryl/α,β-unsaturated/α-hetero) is 2. The predicted octanol–water partition coefficient (Wildman–Crippen LogP) is 8.99. The molecular weight excluding hydrogens is 854 g/mol. The van der Waals surface area contributed by atoms with E-state index in [1.54, 1.807) is 11.3 Å². The number of ether oxygens (including phenoxy) is 4. The van der Waals surface area contributed by atoms with Crippen LogP contribution in [0.4, 0.5) is 5.69 Å². The summed E-state index contributed by atoms with van der Waals surface area (Å²) in [6, 6.07) is 29.4. The number of nitrogens with zero attached hydrogens (tertiary/aromatic N) is 4. The molecule has 0 unspecified atom stereocenters. The van der Waals surface area contributed by atoms with E-state index in [9.17, 15) is 9.59 Å². The summed E-state index contributed by atoms with van der Waals surface area (Å²) in [5.41, 5.74) is 10.5. The van der Waals surface area contributed by atoms with Crippen molar-refractivity contribution in [2.24, 2.45) is 4.99 Å². The minimum absolute atomic E-state index is 0. The number of carbonyl (C=O) groups excluding carboxylic acids is 2. The second-order valence-corrected chi connectivity index (χ2v) is 17.2. The van der Waals surface area contributed by atoms with Gasteiger partial charge in [-0.25, -0.2) is 0 Å². The number of anilines is 1. The van der Waals surface area contributed by atoms with Crippen molar-refractivity contribution in [3.63, 3.8) is 0 Å². The molecular formula is C49H52ClN5O6S2. The van der Waals surface area contributed by atoms with Gasteiger partial charge in [-0.3, -0.25) is 19.1 Å². The highest BCUT2D eigenvalue weighted by molar-refractivity contribution is 7.59. The molecule has 1 aliphatic heterocycles. The number of carbonyl (C=O) groups is 2. The quantitative estimate of drug-likeness (QED) is 0.0748. The average molecular weight is 907 g/mol. The van der Waals surface area contributed by atoms with Gasteiger partial charge in [-0.2, -0.15) is 13.5 Å². The van der Waals surface area contributed by atoms with Crippen molar-refractivity contribution in [2.75, 3.05) is 58.1 Å². The zero-order chi connectivity index (χ0) is 43.0. The van der Waals surface area contributed by atoms with Gasteiger partial charge in [-0.05, 0) is 90.6 Å². The summed E-state index contributed by atoms with van der Waals surface area (Å²) in [5.74, 6) is 2.48. The number of benzene rings is 4. The maximum atomic E-state index is 13.6. The lowest BCUT2D eigenvalue weighted by atomic mass is 9.99. The van der Waals surface area contributed by atoms with Gasteiger partial charge >= 0.3 is 0 Å². The molecule has 1 atom stereocenters. The summed E-state index contributed by atoms with van der Waals surface area (Å²) >= 11 is 7.94. The van der Waals surface area contributed by atoms with Crippen molar-refractivity contribution in [2.45, 2.75) is 52.5 Å². The maximum Gasteiger partial charge on any atom is 0.163 e. The van der Waals surface area contributed by atoms with Crippen molar-refractivity contribution in [1.29, 1.82) is 0 Å². The smallest absolute Gasteiger partial charge is 0.163 e. The number of hydrogen-bond donors (Lipinski definition) is 1. The lowest BCUT2D eigenvalue weighted by Gasteiger charge is -2.13. The Morgan fingerprint density at radius 3 is 2.16 bits per heavy atom. The molecule has 14 heteroatoms. The van der Waals surface area contributed by atoms with Crippen LogP contribution in [-0.4, -0.2) is 84.8 Å². The van der Waals surface area contributed by atoms with Crippen molar-refractivity contribution < 1.29 is 28.5 Å². The zero-order valence-corrected chi connectivity index (χ0v) is 38.3. The Labute approximate surface area is 384 Å². The van der Waals surface area contributed by atoms with Gasteiger partial charge in [0.2, 0.25) is 0 Å². The van der Waals surface area contributed by atoms with E-state index in [0.717, 1.165) is 66.7 Å². The number of thiophene rings is 1. The first-order valence-electron chi connectivity index (χ1n) is 21.0. The number of fused-ring (bicyclic) bond motifs is 4. The molecule has 0 saturated carbocycles. The van der Waals surface area contributed by atoms with Gasteiger partial charge in [0.05, 0.1) is 45.4 Å². The van der Waals surface area contributed by atoms with Crippen LogP contribution in [-0.2, 0) is 43.1 Å². The molecule has 0 spiro atoms. The van der Waals surface area contributed by atoms with Gasteiger partial charge in [0.1, 0.15) is 40.8 Å². The zero-order valence-electron chi connectivity index (χ0n) is 35.7. The number of aromatic nitrogens is 3. The average Bonchev–Trinajstić information content (AvgIpc) is 3.91. The number of hydrogen-bond acceptors (Lipinski definition) is 11. The summed E-state index contributed by atoms with van der Waals surface area (Å²) in [4.78, 5) is 31.8. The van der Waals surface area contributed by atoms with Crippen molar-refractivity contribution in [3.05, 3.63) is 146 Å². The molecule has 0 amide bonds. The molecule has 63 heavy (non-hydrogen) atoms. The second kappa shape index (κ2) is 21.5. The van der Waals surface area contributed by atoms with Crippen LogP contribution in [0.1, 0.15) is 62.4 Å². The highest BCUT2D eigenvalue weighted by atomic mass is 35.5. The van der Waals surface area contributed by atoms with E-state index < -0.39 is 6.04 Å². The predicted molar refractivity (Wildman–Crippen MR) is 254 cm³/mol. The highest BCUT2D eigenvalue weighted by Crippen LogP contribution is 2.40. The molecule has 0 radical (unpaired) electrons. The molecule has 1 N–H and O–H groups in total. The molecule has 11 nitrogen and oxygen atoms in total. The Morgan fingerprint density at radius 2 is 1.43 bits per heavy atom. The number of aliphatic imine (C=N–C) groups is 1. The van der Waals surface area contributed by atoms with Gasteiger partial charge in [-0.15, -0.1) is 21.5 Å².